The van der Waals surface area contributed by atoms with E-state index in [4.69, 9.17) is 4.74 Å². The monoisotopic (exact) mass is 256 g/mol. The summed E-state index contributed by atoms with van der Waals surface area (Å²) in [6, 6.07) is 0.327. The van der Waals surface area contributed by atoms with Crippen LogP contribution in [0.25, 0.3) is 0 Å². The van der Waals surface area contributed by atoms with E-state index >= 15 is 0 Å². The van der Waals surface area contributed by atoms with Crippen molar-refractivity contribution in [3.63, 3.8) is 0 Å². The zero-order valence-electron chi connectivity index (χ0n) is 12.5. The standard InChI is InChI=1S/C14H28N2O2/c1-6-16-9-7-8-12(10-16)11(2)15-14(3,4)13(17)18-5/h11-12,15H,6-10H2,1-5H3. The first-order chi connectivity index (χ1) is 8.40. The van der Waals surface area contributed by atoms with Gasteiger partial charge in [-0.25, -0.2) is 0 Å². The van der Waals surface area contributed by atoms with Crippen LogP contribution in [0.3, 0.4) is 0 Å². The molecule has 0 bridgehead atoms. The van der Waals surface area contributed by atoms with Crippen molar-refractivity contribution in [1.29, 1.82) is 0 Å². The van der Waals surface area contributed by atoms with E-state index in [1.54, 1.807) is 0 Å². The number of ether oxygens (including phenoxy) is 1. The molecule has 2 atom stereocenters. The molecule has 4 heteroatoms. The predicted octanol–water partition coefficient (Wildman–Crippen LogP) is 1.65. The van der Waals surface area contributed by atoms with Gasteiger partial charge in [-0.05, 0) is 52.6 Å². The van der Waals surface area contributed by atoms with Crippen molar-refractivity contribution in [2.75, 3.05) is 26.7 Å². The molecule has 1 fully saturated rings. The van der Waals surface area contributed by atoms with Gasteiger partial charge in [0.1, 0.15) is 5.54 Å². The third-order valence-corrected chi connectivity index (χ3v) is 3.98. The molecule has 1 saturated heterocycles. The molecule has 0 spiro atoms. The Morgan fingerprint density at radius 3 is 2.78 bits per heavy atom. The van der Waals surface area contributed by atoms with Gasteiger partial charge in [0.25, 0.3) is 0 Å². The lowest BCUT2D eigenvalue weighted by Crippen LogP contribution is -2.55. The second-order valence-corrected chi connectivity index (χ2v) is 5.85. The van der Waals surface area contributed by atoms with E-state index in [0.29, 0.717) is 12.0 Å². The maximum atomic E-state index is 11.7. The van der Waals surface area contributed by atoms with Crippen LogP contribution < -0.4 is 5.32 Å². The SMILES string of the molecule is CCN1CCCC(C(C)NC(C)(C)C(=O)OC)C1. The average Bonchev–Trinajstić information content (AvgIpc) is 2.37. The van der Waals surface area contributed by atoms with E-state index in [1.807, 2.05) is 13.8 Å². The summed E-state index contributed by atoms with van der Waals surface area (Å²) in [5, 5.41) is 3.42. The first kappa shape index (κ1) is 15.4. The van der Waals surface area contributed by atoms with Crippen LogP contribution in [0.4, 0.5) is 0 Å². The molecule has 0 radical (unpaired) electrons. The van der Waals surface area contributed by atoms with Gasteiger partial charge >= 0.3 is 5.97 Å². The maximum absolute atomic E-state index is 11.7. The van der Waals surface area contributed by atoms with Crippen molar-refractivity contribution in [3.05, 3.63) is 0 Å². The molecule has 106 valence electrons. The number of hydrogen-bond acceptors (Lipinski definition) is 4. The molecule has 0 saturated carbocycles. The van der Waals surface area contributed by atoms with Crippen LogP contribution in [0.2, 0.25) is 0 Å². The minimum Gasteiger partial charge on any atom is -0.468 e. The predicted molar refractivity (Wildman–Crippen MR) is 73.5 cm³/mol. The van der Waals surface area contributed by atoms with Gasteiger partial charge in [0.15, 0.2) is 0 Å². The van der Waals surface area contributed by atoms with Gasteiger partial charge in [-0.15, -0.1) is 0 Å². The molecule has 0 aromatic carbocycles. The van der Waals surface area contributed by atoms with E-state index in [-0.39, 0.29) is 5.97 Å². The molecule has 2 unspecified atom stereocenters. The van der Waals surface area contributed by atoms with Crippen molar-refractivity contribution in [3.8, 4) is 0 Å². The first-order valence-corrected chi connectivity index (χ1v) is 6.99. The zero-order chi connectivity index (χ0) is 13.8. The highest BCUT2D eigenvalue weighted by Gasteiger charge is 2.33. The Morgan fingerprint density at radius 2 is 2.22 bits per heavy atom. The summed E-state index contributed by atoms with van der Waals surface area (Å²) in [5.74, 6) is 0.417. The summed E-state index contributed by atoms with van der Waals surface area (Å²) in [6.07, 6.45) is 2.49. The van der Waals surface area contributed by atoms with Crippen molar-refractivity contribution in [1.82, 2.24) is 10.2 Å². The number of hydrogen-bond donors (Lipinski definition) is 1. The Hall–Kier alpha value is -0.610. The van der Waals surface area contributed by atoms with Gasteiger partial charge in [0.2, 0.25) is 0 Å². The van der Waals surface area contributed by atoms with Crippen LogP contribution in [-0.4, -0.2) is 49.2 Å². The van der Waals surface area contributed by atoms with E-state index in [1.165, 1.54) is 26.5 Å². The Morgan fingerprint density at radius 1 is 1.56 bits per heavy atom. The smallest absolute Gasteiger partial charge is 0.325 e. The normalized spacial score (nSPS) is 23.7. The van der Waals surface area contributed by atoms with E-state index < -0.39 is 5.54 Å². The molecule has 1 N–H and O–H groups in total. The Kier molecular flexibility index (Phi) is 5.60. The molecule has 0 aromatic heterocycles. The summed E-state index contributed by atoms with van der Waals surface area (Å²) >= 11 is 0. The first-order valence-electron chi connectivity index (χ1n) is 6.99. The number of esters is 1. The molecule has 0 aliphatic carbocycles. The third-order valence-electron chi connectivity index (χ3n) is 3.98. The summed E-state index contributed by atoms with van der Waals surface area (Å²) < 4.78 is 4.83. The molecular weight excluding hydrogens is 228 g/mol. The molecule has 1 heterocycles. The van der Waals surface area contributed by atoms with Crippen LogP contribution in [0, 0.1) is 5.92 Å². The summed E-state index contributed by atoms with van der Waals surface area (Å²) in [5.41, 5.74) is -0.608. The second-order valence-electron chi connectivity index (χ2n) is 5.85. The van der Waals surface area contributed by atoms with Gasteiger partial charge in [0, 0.05) is 12.6 Å². The largest absolute Gasteiger partial charge is 0.468 e. The lowest BCUT2D eigenvalue weighted by molar-refractivity contribution is -0.147. The number of nitrogens with one attached hydrogen (secondary N) is 1. The average molecular weight is 256 g/mol. The molecule has 1 aliphatic heterocycles. The summed E-state index contributed by atoms with van der Waals surface area (Å²) in [7, 11) is 1.44. The van der Waals surface area contributed by atoms with Gasteiger partial charge in [-0.3, -0.25) is 10.1 Å². The van der Waals surface area contributed by atoms with Gasteiger partial charge in [-0.1, -0.05) is 6.92 Å². The van der Waals surface area contributed by atoms with Crippen LogP contribution >= 0.6 is 0 Å². The highest BCUT2D eigenvalue weighted by Crippen LogP contribution is 2.21. The van der Waals surface area contributed by atoms with Crippen LogP contribution in [0.15, 0.2) is 0 Å². The third kappa shape index (κ3) is 3.95. The second kappa shape index (κ2) is 6.53. The number of nitrogens with zero attached hydrogens (tertiary/aromatic N) is 1. The Bertz CT molecular complexity index is 279. The van der Waals surface area contributed by atoms with E-state index in [9.17, 15) is 4.79 Å². The van der Waals surface area contributed by atoms with E-state index in [0.717, 1.165) is 13.1 Å². The highest BCUT2D eigenvalue weighted by atomic mass is 16.5. The molecule has 1 aliphatic rings. The van der Waals surface area contributed by atoms with Crippen molar-refractivity contribution >= 4 is 5.97 Å². The fraction of sp³-hybridized carbons (Fsp3) is 0.929. The van der Waals surface area contributed by atoms with Gasteiger partial charge < -0.3 is 9.64 Å². The topological polar surface area (TPSA) is 41.6 Å². The lowest BCUT2D eigenvalue weighted by atomic mass is 9.89. The zero-order valence-corrected chi connectivity index (χ0v) is 12.5. The minimum atomic E-state index is -0.608. The molecular formula is C14H28N2O2. The van der Waals surface area contributed by atoms with Crippen LogP contribution in [0.5, 0.6) is 0 Å². The molecule has 0 amide bonds. The summed E-state index contributed by atoms with van der Waals surface area (Å²) in [4.78, 5) is 14.2. The molecule has 1 rings (SSSR count). The molecule has 0 aromatic rings. The van der Waals surface area contributed by atoms with Crippen molar-refractivity contribution < 1.29 is 9.53 Å². The Labute approximate surface area is 111 Å². The number of piperidine rings is 1. The van der Waals surface area contributed by atoms with E-state index in [2.05, 4.69) is 24.1 Å². The maximum Gasteiger partial charge on any atom is 0.325 e. The number of carbonyl (C=O) groups excluding carboxylic acids is 1. The quantitative estimate of drug-likeness (QED) is 0.759. The number of likely N-dealkylation sites (tertiary alicyclic amines) is 1. The summed E-state index contributed by atoms with van der Waals surface area (Å²) in [6.45, 7) is 11.6. The Balaban J connectivity index is 2.54. The van der Waals surface area contributed by atoms with Crippen LogP contribution in [0.1, 0.15) is 40.5 Å². The van der Waals surface area contributed by atoms with Crippen molar-refractivity contribution in [2.45, 2.75) is 52.1 Å². The van der Waals surface area contributed by atoms with Crippen molar-refractivity contribution in [2.24, 2.45) is 5.92 Å². The highest BCUT2D eigenvalue weighted by molar-refractivity contribution is 5.79. The number of rotatable bonds is 5. The van der Waals surface area contributed by atoms with Gasteiger partial charge in [-0.2, -0.15) is 0 Å². The minimum absolute atomic E-state index is 0.197. The molecule has 18 heavy (non-hydrogen) atoms. The van der Waals surface area contributed by atoms with Crippen LogP contribution in [-0.2, 0) is 9.53 Å². The fourth-order valence-electron chi connectivity index (χ4n) is 2.79. The number of carbonyl (C=O) groups is 1. The fourth-order valence-corrected chi connectivity index (χ4v) is 2.79. The van der Waals surface area contributed by atoms with Gasteiger partial charge in [0.05, 0.1) is 7.11 Å². The lowest BCUT2D eigenvalue weighted by Gasteiger charge is -2.38. The number of methoxy groups -OCH3 is 1. The molecule has 4 nitrogen and oxygen atoms in total.